The van der Waals surface area contributed by atoms with Crippen molar-refractivity contribution in [1.82, 2.24) is 5.32 Å². The van der Waals surface area contributed by atoms with Gasteiger partial charge in [-0.25, -0.2) is 14.1 Å². The van der Waals surface area contributed by atoms with E-state index in [4.69, 9.17) is 0 Å². The highest BCUT2D eigenvalue weighted by atomic mass is 19.1. The molecular formula is C10H7FN2O3. The highest BCUT2D eigenvalue weighted by Crippen LogP contribution is 2.18. The molecule has 1 aromatic carbocycles. The molecule has 0 bridgehead atoms. The van der Waals surface area contributed by atoms with Gasteiger partial charge in [0.1, 0.15) is 12.2 Å². The van der Waals surface area contributed by atoms with Gasteiger partial charge < -0.3 is 0 Å². The van der Waals surface area contributed by atoms with Gasteiger partial charge in [0.25, 0.3) is 0 Å². The van der Waals surface area contributed by atoms with Crippen LogP contribution in [0.5, 0.6) is 0 Å². The Morgan fingerprint density at radius 2 is 1.75 bits per heavy atom. The summed E-state index contributed by atoms with van der Waals surface area (Å²) in [6.07, 6.45) is -0.386. The van der Waals surface area contributed by atoms with Crippen LogP contribution in [0.3, 0.4) is 0 Å². The first-order valence-electron chi connectivity index (χ1n) is 4.50. The number of benzene rings is 1. The molecule has 16 heavy (non-hydrogen) atoms. The van der Waals surface area contributed by atoms with Crippen molar-refractivity contribution in [3.05, 3.63) is 30.1 Å². The van der Waals surface area contributed by atoms with E-state index in [0.29, 0.717) is 0 Å². The second kappa shape index (κ2) is 3.73. The largest absolute Gasteiger partial charge is 0.335 e. The molecule has 0 atom stereocenters. The van der Waals surface area contributed by atoms with E-state index in [9.17, 15) is 18.8 Å². The molecule has 1 aliphatic rings. The number of halogens is 1. The van der Waals surface area contributed by atoms with Gasteiger partial charge in [0.15, 0.2) is 0 Å². The maximum Gasteiger partial charge on any atom is 0.335 e. The zero-order valence-corrected chi connectivity index (χ0v) is 8.07. The Labute approximate surface area is 89.8 Å². The molecule has 1 aliphatic heterocycles. The number of carbonyl (C=O) groups excluding carboxylic acids is 3. The molecule has 6 heteroatoms. The van der Waals surface area contributed by atoms with Gasteiger partial charge in [0.2, 0.25) is 11.8 Å². The van der Waals surface area contributed by atoms with Crippen molar-refractivity contribution in [3.63, 3.8) is 0 Å². The van der Waals surface area contributed by atoms with Crippen molar-refractivity contribution < 1.29 is 18.8 Å². The second-order valence-electron chi connectivity index (χ2n) is 3.24. The molecule has 1 fully saturated rings. The fourth-order valence-corrected chi connectivity index (χ4v) is 1.40. The summed E-state index contributed by atoms with van der Waals surface area (Å²) in [7, 11) is 0. The molecular weight excluding hydrogens is 215 g/mol. The first-order valence-corrected chi connectivity index (χ1v) is 4.50. The fraction of sp³-hybridized carbons (Fsp3) is 0.100. The van der Waals surface area contributed by atoms with E-state index in [-0.39, 0.29) is 12.1 Å². The maximum atomic E-state index is 12.7. The van der Waals surface area contributed by atoms with Crippen LogP contribution in [-0.2, 0) is 9.59 Å². The number of anilines is 1. The van der Waals surface area contributed by atoms with E-state index in [2.05, 4.69) is 0 Å². The van der Waals surface area contributed by atoms with E-state index >= 15 is 0 Å². The lowest BCUT2D eigenvalue weighted by Crippen LogP contribution is -2.52. The number of imide groups is 2. The van der Waals surface area contributed by atoms with Crippen LogP contribution in [0.4, 0.5) is 14.9 Å². The maximum absolute atomic E-state index is 12.7. The number of urea groups is 1. The summed E-state index contributed by atoms with van der Waals surface area (Å²) in [4.78, 5) is 34.5. The van der Waals surface area contributed by atoms with Gasteiger partial charge in [0.05, 0.1) is 5.69 Å². The van der Waals surface area contributed by atoms with Crippen LogP contribution >= 0.6 is 0 Å². The van der Waals surface area contributed by atoms with E-state index in [1.54, 1.807) is 0 Å². The second-order valence-corrected chi connectivity index (χ2v) is 3.24. The Morgan fingerprint density at radius 3 is 2.31 bits per heavy atom. The zero-order valence-electron chi connectivity index (χ0n) is 8.07. The zero-order chi connectivity index (χ0) is 11.7. The van der Waals surface area contributed by atoms with Gasteiger partial charge in [0, 0.05) is 0 Å². The number of hydrogen-bond acceptors (Lipinski definition) is 3. The van der Waals surface area contributed by atoms with Crippen LogP contribution in [0.15, 0.2) is 24.3 Å². The number of barbiturate groups is 1. The van der Waals surface area contributed by atoms with Gasteiger partial charge in [-0.05, 0) is 24.3 Å². The van der Waals surface area contributed by atoms with E-state index < -0.39 is 23.7 Å². The van der Waals surface area contributed by atoms with Crippen molar-refractivity contribution in [2.24, 2.45) is 0 Å². The van der Waals surface area contributed by atoms with Crippen molar-refractivity contribution >= 4 is 23.5 Å². The Kier molecular flexibility index (Phi) is 2.40. The fourth-order valence-electron chi connectivity index (χ4n) is 1.40. The molecule has 1 heterocycles. The summed E-state index contributed by atoms with van der Waals surface area (Å²) < 4.78 is 12.7. The highest BCUT2D eigenvalue weighted by Gasteiger charge is 2.31. The summed E-state index contributed by atoms with van der Waals surface area (Å²) in [5.74, 6) is -1.72. The van der Waals surface area contributed by atoms with Crippen molar-refractivity contribution in [3.8, 4) is 0 Å². The first-order chi connectivity index (χ1) is 7.58. The minimum absolute atomic E-state index is 0.233. The average Bonchev–Trinajstić information content (AvgIpc) is 2.19. The molecule has 0 aromatic heterocycles. The highest BCUT2D eigenvalue weighted by molar-refractivity contribution is 6.26. The Morgan fingerprint density at radius 1 is 1.12 bits per heavy atom. The van der Waals surface area contributed by atoms with Crippen LogP contribution in [0.1, 0.15) is 6.42 Å². The SMILES string of the molecule is O=C1CC(=O)N(c2ccc(F)cc2)C(=O)N1. The van der Waals surface area contributed by atoms with Gasteiger partial charge in [-0.1, -0.05) is 0 Å². The molecule has 2 rings (SSSR count). The predicted octanol–water partition coefficient (Wildman–Crippen LogP) is 0.799. The normalized spacial score (nSPS) is 16.3. The topological polar surface area (TPSA) is 66.5 Å². The molecule has 4 amide bonds. The molecule has 0 unspecified atom stereocenters. The Balaban J connectivity index is 2.32. The van der Waals surface area contributed by atoms with Gasteiger partial charge >= 0.3 is 6.03 Å². The molecule has 1 saturated heterocycles. The Hall–Kier alpha value is -2.24. The minimum atomic E-state index is -0.812. The predicted molar refractivity (Wildman–Crippen MR) is 52.0 cm³/mol. The third-order valence-corrected chi connectivity index (χ3v) is 2.10. The van der Waals surface area contributed by atoms with E-state index in [1.807, 2.05) is 5.32 Å². The number of carbonyl (C=O) groups is 3. The molecule has 5 nitrogen and oxygen atoms in total. The summed E-state index contributed by atoms with van der Waals surface area (Å²) in [5, 5.41) is 2.01. The van der Waals surface area contributed by atoms with Crippen molar-refractivity contribution in [2.75, 3.05) is 4.90 Å². The monoisotopic (exact) mass is 222 g/mol. The average molecular weight is 222 g/mol. The summed E-state index contributed by atoms with van der Waals surface area (Å²) in [6, 6.07) is 4.04. The van der Waals surface area contributed by atoms with Crippen molar-refractivity contribution in [2.45, 2.75) is 6.42 Å². The molecule has 1 N–H and O–H groups in total. The van der Waals surface area contributed by atoms with Crippen molar-refractivity contribution in [1.29, 1.82) is 0 Å². The van der Waals surface area contributed by atoms with Crippen LogP contribution < -0.4 is 10.2 Å². The van der Waals surface area contributed by atoms with Gasteiger partial charge in [-0.3, -0.25) is 14.9 Å². The molecule has 0 aliphatic carbocycles. The third kappa shape index (κ3) is 1.77. The standard InChI is InChI=1S/C10H7FN2O3/c11-6-1-3-7(4-2-6)13-9(15)5-8(14)12-10(13)16/h1-4H,5H2,(H,12,14,16). The summed E-state index contributed by atoms with van der Waals surface area (Å²) in [5.41, 5.74) is 0.233. The molecule has 0 spiro atoms. The number of rotatable bonds is 1. The van der Waals surface area contributed by atoms with Crippen LogP contribution in [0, 0.1) is 5.82 Å². The molecule has 0 saturated carbocycles. The quantitative estimate of drug-likeness (QED) is 0.714. The lowest BCUT2D eigenvalue weighted by Gasteiger charge is -2.24. The van der Waals surface area contributed by atoms with Crippen LogP contribution in [0.25, 0.3) is 0 Å². The van der Waals surface area contributed by atoms with E-state index in [0.717, 1.165) is 17.0 Å². The first kappa shape index (κ1) is 10.3. The van der Waals surface area contributed by atoms with E-state index in [1.165, 1.54) is 12.1 Å². The summed E-state index contributed by atoms with van der Waals surface area (Å²) in [6.45, 7) is 0. The molecule has 82 valence electrons. The number of nitrogens with zero attached hydrogens (tertiary/aromatic N) is 1. The van der Waals surface area contributed by atoms with Crippen LogP contribution in [-0.4, -0.2) is 17.8 Å². The molecule has 0 radical (unpaired) electrons. The number of nitrogens with one attached hydrogen (secondary N) is 1. The minimum Gasteiger partial charge on any atom is -0.277 e. The number of hydrogen-bond donors (Lipinski definition) is 1. The lowest BCUT2D eigenvalue weighted by molar-refractivity contribution is -0.128. The van der Waals surface area contributed by atoms with Gasteiger partial charge in [-0.2, -0.15) is 0 Å². The number of amides is 4. The summed E-state index contributed by atoms with van der Waals surface area (Å²) >= 11 is 0. The van der Waals surface area contributed by atoms with Gasteiger partial charge in [-0.15, -0.1) is 0 Å². The molecule has 1 aromatic rings. The third-order valence-electron chi connectivity index (χ3n) is 2.10. The Bertz CT molecular complexity index is 449. The lowest BCUT2D eigenvalue weighted by atomic mass is 10.2. The van der Waals surface area contributed by atoms with Crippen LogP contribution in [0.2, 0.25) is 0 Å². The smallest absolute Gasteiger partial charge is 0.277 e.